The third kappa shape index (κ3) is 2.49. The van der Waals surface area contributed by atoms with Gasteiger partial charge in [-0.25, -0.2) is 0 Å². The monoisotopic (exact) mass is 253 g/mol. The van der Waals surface area contributed by atoms with E-state index in [0.29, 0.717) is 6.04 Å². The van der Waals surface area contributed by atoms with Gasteiger partial charge in [0.2, 0.25) is 0 Å². The van der Waals surface area contributed by atoms with Crippen molar-refractivity contribution in [3.8, 4) is 0 Å². The van der Waals surface area contributed by atoms with Crippen LogP contribution in [-0.2, 0) is 4.74 Å². The van der Waals surface area contributed by atoms with Crippen LogP contribution in [0.25, 0.3) is 0 Å². The number of benzene rings is 2. The second-order valence-corrected chi connectivity index (χ2v) is 4.87. The van der Waals surface area contributed by atoms with E-state index in [2.05, 4.69) is 66.8 Å². The Labute approximate surface area is 114 Å². The molecule has 1 aliphatic rings. The van der Waals surface area contributed by atoms with Crippen LogP contribution in [0.1, 0.15) is 36.6 Å². The van der Waals surface area contributed by atoms with Crippen molar-refractivity contribution in [3.63, 3.8) is 0 Å². The smallest absolute Gasteiger partial charge is 0.0867 e. The molecule has 3 rings (SSSR count). The first kappa shape index (κ1) is 12.2. The number of ether oxygens (including phenoxy) is 1. The van der Waals surface area contributed by atoms with E-state index in [1.54, 1.807) is 0 Å². The number of fused-ring (bicyclic) bond motifs is 1. The second-order valence-electron chi connectivity index (χ2n) is 4.87. The van der Waals surface area contributed by atoms with Gasteiger partial charge in [0.25, 0.3) is 0 Å². The molecule has 0 unspecified atom stereocenters. The van der Waals surface area contributed by atoms with Gasteiger partial charge in [-0.15, -0.1) is 0 Å². The standard InChI is InChI=1S/C17H19NO/c1-2-19-17-12-16(13-8-4-3-5-9-13)18-15-11-7-6-10-14(15)17/h3-11,16-18H,2,12H2,1H3/t16-,17+/m1/s1. The van der Waals surface area contributed by atoms with E-state index in [1.165, 1.54) is 16.8 Å². The summed E-state index contributed by atoms with van der Waals surface area (Å²) in [5, 5.41) is 3.62. The van der Waals surface area contributed by atoms with Gasteiger partial charge in [-0.1, -0.05) is 48.5 Å². The zero-order valence-electron chi connectivity index (χ0n) is 11.2. The third-order valence-corrected chi connectivity index (χ3v) is 3.66. The van der Waals surface area contributed by atoms with Crippen LogP contribution in [0.5, 0.6) is 0 Å². The molecule has 0 aliphatic carbocycles. The van der Waals surface area contributed by atoms with E-state index in [-0.39, 0.29) is 6.10 Å². The molecule has 98 valence electrons. The second kappa shape index (κ2) is 5.45. The molecule has 0 spiro atoms. The summed E-state index contributed by atoms with van der Waals surface area (Å²) in [6, 6.07) is 19.4. The number of hydrogen-bond acceptors (Lipinski definition) is 2. The number of para-hydroxylation sites is 1. The van der Waals surface area contributed by atoms with Crippen LogP contribution in [0.2, 0.25) is 0 Å². The van der Waals surface area contributed by atoms with Crippen molar-refractivity contribution < 1.29 is 4.74 Å². The van der Waals surface area contributed by atoms with E-state index in [4.69, 9.17) is 4.74 Å². The van der Waals surface area contributed by atoms with Crippen LogP contribution in [-0.4, -0.2) is 6.61 Å². The van der Waals surface area contributed by atoms with E-state index in [9.17, 15) is 0 Å². The van der Waals surface area contributed by atoms with Gasteiger partial charge in [-0.2, -0.15) is 0 Å². The van der Waals surface area contributed by atoms with Gasteiger partial charge in [0.05, 0.1) is 12.1 Å². The minimum atomic E-state index is 0.188. The summed E-state index contributed by atoms with van der Waals surface area (Å²) in [5.41, 5.74) is 3.79. The summed E-state index contributed by atoms with van der Waals surface area (Å²) >= 11 is 0. The number of anilines is 1. The molecule has 1 heterocycles. The fraction of sp³-hybridized carbons (Fsp3) is 0.294. The Bertz CT molecular complexity index is 538. The maximum Gasteiger partial charge on any atom is 0.0867 e. The van der Waals surface area contributed by atoms with Crippen molar-refractivity contribution in [2.24, 2.45) is 0 Å². The summed E-state index contributed by atoms with van der Waals surface area (Å²) in [4.78, 5) is 0. The molecular formula is C17H19NO. The molecule has 0 saturated heterocycles. The Balaban J connectivity index is 1.92. The fourth-order valence-electron chi connectivity index (χ4n) is 2.76. The molecule has 1 aliphatic heterocycles. The number of hydrogen-bond donors (Lipinski definition) is 1. The first-order chi connectivity index (χ1) is 9.38. The molecule has 2 nitrogen and oxygen atoms in total. The molecule has 1 N–H and O–H groups in total. The third-order valence-electron chi connectivity index (χ3n) is 3.66. The van der Waals surface area contributed by atoms with Crippen LogP contribution >= 0.6 is 0 Å². The maximum absolute atomic E-state index is 5.92. The Morgan fingerprint density at radius 2 is 1.79 bits per heavy atom. The molecule has 0 radical (unpaired) electrons. The average Bonchev–Trinajstić information content (AvgIpc) is 2.48. The van der Waals surface area contributed by atoms with E-state index in [1.807, 2.05) is 0 Å². The van der Waals surface area contributed by atoms with E-state index in [0.717, 1.165) is 13.0 Å². The molecule has 0 amide bonds. The largest absolute Gasteiger partial charge is 0.378 e. The highest BCUT2D eigenvalue weighted by Crippen LogP contribution is 2.40. The van der Waals surface area contributed by atoms with Gasteiger partial charge in [-0.05, 0) is 18.6 Å². The van der Waals surface area contributed by atoms with Gasteiger partial charge in [0.1, 0.15) is 0 Å². The van der Waals surface area contributed by atoms with Gasteiger partial charge < -0.3 is 10.1 Å². The van der Waals surface area contributed by atoms with E-state index >= 15 is 0 Å². The lowest BCUT2D eigenvalue weighted by molar-refractivity contribution is 0.0499. The normalized spacial score (nSPS) is 21.5. The predicted octanol–water partition coefficient (Wildman–Crippen LogP) is 4.32. The Kier molecular flexibility index (Phi) is 3.51. The van der Waals surface area contributed by atoms with Crippen LogP contribution < -0.4 is 5.32 Å². The van der Waals surface area contributed by atoms with Crippen molar-refractivity contribution in [2.75, 3.05) is 11.9 Å². The Morgan fingerprint density at radius 1 is 1.05 bits per heavy atom. The molecule has 0 fully saturated rings. The lowest BCUT2D eigenvalue weighted by Gasteiger charge is -2.33. The minimum Gasteiger partial charge on any atom is -0.378 e. The number of nitrogens with one attached hydrogen (secondary N) is 1. The molecule has 19 heavy (non-hydrogen) atoms. The molecule has 2 aromatic rings. The molecule has 0 saturated carbocycles. The minimum absolute atomic E-state index is 0.188. The van der Waals surface area contributed by atoms with Gasteiger partial charge >= 0.3 is 0 Å². The van der Waals surface area contributed by atoms with E-state index < -0.39 is 0 Å². The highest BCUT2D eigenvalue weighted by atomic mass is 16.5. The van der Waals surface area contributed by atoms with Crippen molar-refractivity contribution in [3.05, 3.63) is 65.7 Å². The molecular weight excluding hydrogens is 234 g/mol. The zero-order chi connectivity index (χ0) is 13.1. The molecule has 2 heteroatoms. The SMILES string of the molecule is CCO[C@H]1C[C@H](c2ccccc2)Nc2ccccc21. The Morgan fingerprint density at radius 3 is 2.58 bits per heavy atom. The zero-order valence-corrected chi connectivity index (χ0v) is 11.2. The Hall–Kier alpha value is -1.80. The van der Waals surface area contributed by atoms with Crippen LogP contribution in [0.4, 0.5) is 5.69 Å². The maximum atomic E-state index is 5.92. The number of rotatable bonds is 3. The first-order valence-corrected chi connectivity index (χ1v) is 6.90. The molecule has 0 bridgehead atoms. The van der Waals surface area contributed by atoms with Gasteiger partial charge in [0.15, 0.2) is 0 Å². The summed E-state index contributed by atoms with van der Waals surface area (Å²) < 4.78 is 5.92. The quantitative estimate of drug-likeness (QED) is 0.879. The van der Waals surface area contributed by atoms with Gasteiger partial charge in [-0.3, -0.25) is 0 Å². The lowest BCUT2D eigenvalue weighted by Crippen LogP contribution is -2.23. The van der Waals surface area contributed by atoms with Crippen molar-refractivity contribution in [1.82, 2.24) is 0 Å². The van der Waals surface area contributed by atoms with Crippen LogP contribution in [0.3, 0.4) is 0 Å². The van der Waals surface area contributed by atoms with Crippen molar-refractivity contribution in [2.45, 2.75) is 25.5 Å². The van der Waals surface area contributed by atoms with Crippen molar-refractivity contribution >= 4 is 5.69 Å². The topological polar surface area (TPSA) is 21.3 Å². The van der Waals surface area contributed by atoms with Crippen molar-refractivity contribution in [1.29, 1.82) is 0 Å². The first-order valence-electron chi connectivity index (χ1n) is 6.90. The molecule has 2 aromatic carbocycles. The van der Waals surface area contributed by atoms with Crippen LogP contribution in [0.15, 0.2) is 54.6 Å². The highest BCUT2D eigenvalue weighted by molar-refractivity contribution is 5.56. The van der Waals surface area contributed by atoms with Crippen LogP contribution in [0, 0.1) is 0 Å². The summed E-state index contributed by atoms with van der Waals surface area (Å²) in [5.74, 6) is 0. The predicted molar refractivity (Wildman–Crippen MR) is 78.2 cm³/mol. The molecule has 2 atom stereocenters. The summed E-state index contributed by atoms with van der Waals surface area (Å²) in [6.07, 6.45) is 1.17. The molecule has 0 aromatic heterocycles. The fourth-order valence-corrected chi connectivity index (χ4v) is 2.76. The summed E-state index contributed by atoms with van der Waals surface area (Å²) in [7, 11) is 0. The lowest BCUT2D eigenvalue weighted by atomic mass is 9.91. The summed E-state index contributed by atoms with van der Waals surface area (Å²) in [6.45, 7) is 2.81. The highest BCUT2D eigenvalue weighted by Gasteiger charge is 2.27. The average molecular weight is 253 g/mol. The van der Waals surface area contributed by atoms with Gasteiger partial charge in [0, 0.05) is 24.3 Å².